The summed E-state index contributed by atoms with van der Waals surface area (Å²) in [6.07, 6.45) is 3.88. The molecule has 4 aromatic rings. The lowest BCUT2D eigenvalue weighted by molar-refractivity contribution is -0.117. The van der Waals surface area contributed by atoms with Crippen molar-refractivity contribution in [3.63, 3.8) is 0 Å². The predicted octanol–water partition coefficient (Wildman–Crippen LogP) is 2.42. The third kappa shape index (κ3) is 3.91. The van der Waals surface area contributed by atoms with Crippen molar-refractivity contribution in [3.8, 4) is 0 Å². The molecule has 1 aliphatic heterocycles. The van der Waals surface area contributed by atoms with Gasteiger partial charge in [0.05, 0.1) is 11.8 Å². The van der Waals surface area contributed by atoms with Crippen LogP contribution in [-0.2, 0) is 4.79 Å². The first-order chi connectivity index (χ1) is 16.0. The van der Waals surface area contributed by atoms with Crippen molar-refractivity contribution >= 4 is 45.8 Å². The Morgan fingerprint density at radius 2 is 2.18 bits per heavy atom. The topological polar surface area (TPSA) is 136 Å². The van der Waals surface area contributed by atoms with Gasteiger partial charge >= 0.3 is 0 Å². The van der Waals surface area contributed by atoms with Crippen molar-refractivity contribution < 1.29 is 9.90 Å². The molecular formula is C21H23N9O2S. The largest absolute Gasteiger partial charge is 0.391 e. The monoisotopic (exact) mass is 465 g/mol. The maximum atomic E-state index is 13.0. The standard InChI is InChI=1S/C21H23N9O2S/c1-11-7-18(33-28-11)24-19(32)15-8-13(31)10-30(15)21-23-17-3-2-6-29(17)20(25-21)22-16-9-14(26-27-16)12-4-5-12/h2-3,6-7,9,12-13,15,31H,4-5,8,10H2,1H3,(H,24,32)(H2,22,23,25,26,27)/t13-,15-/m0/s1. The van der Waals surface area contributed by atoms with Crippen LogP contribution in [0.25, 0.3) is 5.65 Å². The first kappa shape index (κ1) is 20.1. The molecule has 2 fully saturated rings. The fourth-order valence-electron chi connectivity index (χ4n) is 4.16. The van der Waals surface area contributed by atoms with Crippen LogP contribution in [0.2, 0.25) is 0 Å². The normalized spacial score (nSPS) is 20.5. The van der Waals surface area contributed by atoms with Crippen LogP contribution in [0.4, 0.5) is 22.7 Å². The average molecular weight is 466 g/mol. The fraction of sp³-hybridized carbons (Fsp3) is 0.381. The number of nitrogens with one attached hydrogen (secondary N) is 3. The van der Waals surface area contributed by atoms with Crippen molar-refractivity contribution in [2.45, 2.75) is 44.2 Å². The number of nitrogens with zero attached hydrogens (tertiary/aromatic N) is 6. The number of fused-ring (bicyclic) bond motifs is 1. The molecule has 4 N–H and O–H groups in total. The maximum Gasteiger partial charge on any atom is 0.247 e. The van der Waals surface area contributed by atoms with E-state index in [4.69, 9.17) is 4.98 Å². The zero-order valence-electron chi connectivity index (χ0n) is 17.9. The lowest BCUT2D eigenvalue weighted by Gasteiger charge is -2.24. The molecular weight excluding hydrogens is 442 g/mol. The molecule has 0 aromatic carbocycles. The summed E-state index contributed by atoms with van der Waals surface area (Å²) in [7, 11) is 0. The van der Waals surface area contributed by atoms with Crippen LogP contribution in [0.1, 0.15) is 36.6 Å². The zero-order valence-corrected chi connectivity index (χ0v) is 18.7. The second-order valence-corrected chi connectivity index (χ2v) is 9.38. The summed E-state index contributed by atoms with van der Waals surface area (Å²) in [6.45, 7) is 2.14. The third-order valence-electron chi connectivity index (χ3n) is 5.94. The van der Waals surface area contributed by atoms with Gasteiger partial charge in [-0.05, 0) is 49.5 Å². The highest BCUT2D eigenvalue weighted by molar-refractivity contribution is 7.10. The van der Waals surface area contributed by atoms with Crippen LogP contribution < -0.4 is 15.5 Å². The maximum absolute atomic E-state index is 13.0. The Bertz CT molecular complexity index is 1320. The number of hydrogen-bond donors (Lipinski definition) is 4. The Morgan fingerprint density at radius 1 is 1.30 bits per heavy atom. The molecule has 4 aromatic heterocycles. The molecule has 12 heteroatoms. The summed E-state index contributed by atoms with van der Waals surface area (Å²) in [5, 5.41) is 24.7. The molecule has 1 saturated carbocycles. The number of aliphatic hydroxyl groups is 1. The molecule has 0 bridgehead atoms. The Balaban J connectivity index is 1.30. The van der Waals surface area contributed by atoms with Gasteiger partial charge in [-0.15, -0.1) is 0 Å². The van der Waals surface area contributed by atoms with E-state index in [0.29, 0.717) is 40.7 Å². The minimum Gasteiger partial charge on any atom is -0.391 e. The van der Waals surface area contributed by atoms with E-state index in [1.165, 1.54) is 24.4 Å². The van der Waals surface area contributed by atoms with Gasteiger partial charge in [0.25, 0.3) is 0 Å². The quantitative estimate of drug-likeness (QED) is 0.341. The minimum atomic E-state index is -0.653. The highest BCUT2D eigenvalue weighted by Gasteiger charge is 2.38. The summed E-state index contributed by atoms with van der Waals surface area (Å²) >= 11 is 1.23. The van der Waals surface area contributed by atoms with Crippen molar-refractivity contribution in [1.82, 2.24) is 28.9 Å². The number of hydrogen-bond acceptors (Lipinski definition) is 9. The summed E-state index contributed by atoms with van der Waals surface area (Å²) in [4.78, 5) is 24.2. The van der Waals surface area contributed by atoms with Gasteiger partial charge in [0, 0.05) is 36.8 Å². The number of aryl methyl sites for hydroxylation is 1. The summed E-state index contributed by atoms with van der Waals surface area (Å²) in [6, 6.07) is 6.98. The summed E-state index contributed by atoms with van der Waals surface area (Å²) in [5.41, 5.74) is 2.65. The second-order valence-electron chi connectivity index (χ2n) is 8.57. The fourth-order valence-corrected chi connectivity index (χ4v) is 4.83. The molecule has 33 heavy (non-hydrogen) atoms. The first-order valence-corrected chi connectivity index (χ1v) is 11.7. The number of rotatable bonds is 6. The van der Waals surface area contributed by atoms with Gasteiger partial charge in [0.15, 0.2) is 5.82 Å². The molecule has 2 aliphatic rings. The number of aromatic nitrogens is 6. The van der Waals surface area contributed by atoms with E-state index in [-0.39, 0.29) is 12.5 Å². The van der Waals surface area contributed by atoms with E-state index in [2.05, 4.69) is 30.2 Å². The van der Waals surface area contributed by atoms with Crippen LogP contribution in [0.15, 0.2) is 30.5 Å². The SMILES string of the molecule is Cc1cc(NC(=O)[C@@H]2C[C@H](O)CN2c2nc(Nc3cc(C4CC4)[nH]n3)n3cccc3n2)sn1. The van der Waals surface area contributed by atoms with E-state index < -0.39 is 12.1 Å². The number of carbonyl (C=O) groups is 1. The number of H-pyrrole nitrogens is 1. The molecule has 1 amide bonds. The van der Waals surface area contributed by atoms with Gasteiger partial charge in [-0.3, -0.25) is 14.3 Å². The predicted molar refractivity (Wildman–Crippen MR) is 124 cm³/mol. The van der Waals surface area contributed by atoms with Crippen LogP contribution >= 0.6 is 11.5 Å². The average Bonchev–Trinajstić information content (AvgIpc) is 3.17. The highest BCUT2D eigenvalue weighted by atomic mass is 32.1. The molecule has 1 saturated heterocycles. The molecule has 2 atom stereocenters. The number of anilines is 4. The Morgan fingerprint density at radius 3 is 2.97 bits per heavy atom. The van der Waals surface area contributed by atoms with E-state index in [1.807, 2.05) is 41.8 Å². The number of aromatic amines is 1. The summed E-state index contributed by atoms with van der Waals surface area (Å²) < 4.78 is 6.03. The summed E-state index contributed by atoms with van der Waals surface area (Å²) in [5.74, 6) is 1.93. The molecule has 5 heterocycles. The first-order valence-electron chi connectivity index (χ1n) is 10.9. The van der Waals surface area contributed by atoms with Gasteiger partial charge in [-0.1, -0.05) is 0 Å². The number of amides is 1. The van der Waals surface area contributed by atoms with E-state index in [0.717, 1.165) is 11.4 Å². The molecule has 0 spiro atoms. The van der Waals surface area contributed by atoms with Gasteiger partial charge in [0.1, 0.15) is 16.7 Å². The van der Waals surface area contributed by atoms with E-state index in [1.54, 1.807) is 4.90 Å². The molecule has 11 nitrogen and oxygen atoms in total. The van der Waals surface area contributed by atoms with Crippen molar-refractivity contribution in [1.29, 1.82) is 0 Å². The van der Waals surface area contributed by atoms with Crippen LogP contribution in [0.5, 0.6) is 0 Å². The van der Waals surface area contributed by atoms with Crippen molar-refractivity contribution in [2.24, 2.45) is 0 Å². The highest BCUT2D eigenvalue weighted by Crippen LogP contribution is 2.39. The van der Waals surface area contributed by atoms with Crippen LogP contribution in [0.3, 0.4) is 0 Å². The Hall–Kier alpha value is -3.51. The smallest absolute Gasteiger partial charge is 0.247 e. The van der Waals surface area contributed by atoms with Crippen LogP contribution in [0, 0.1) is 6.92 Å². The Kier molecular flexibility index (Phi) is 4.76. The van der Waals surface area contributed by atoms with Gasteiger partial charge in [-0.2, -0.15) is 19.4 Å². The van der Waals surface area contributed by atoms with Crippen molar-refractivity contribution in [3.05, 3.63) is 41.9 Å². The number of aliphatic hydroxyl groups excluding tert-OH is 1. The Labute approximate surface area is 193 Å². The lowest BCUT2D eigenvalue weighted by Crippen LogP contribution is -2.40. The van der Waals surface area contributed by atoms with Gasteiger partial charge in [0.2, 0.25) is 17.8 Å². The van der Waals surface area contributed by atoms with E-state index >= 15 is 0 Å². The molecule has 6 rings (SSSR count). The lowest BCUT2D eigenvalue weighted by atomic mass is 10.2. The molecule has 0 radical (unpaired) electrons. The van der Waals surface area contributed by atoms with Crippen molar-refractivity contribution in [2.75, 3.05) is 22.1 Å². The third-order valence-corrected chi connectivity index (χ3v) is 6.74. The molecule has 170 valence electrons. The zero-order chi connectivity index (χ0) is 22.5. The minimum absolute atomic E-state index is 0.218. The molecule has 0 unspecified atom stereocenters. The van der Waals surface area contributed by atoms with E-state index in [9.17, 15) is 9.90 Å². The second kappa shape index (κ2) is 7.81. The number of β-amino-alcohol motifs (C(OH)–C–C–N with tert-alkyl or cyclic N) is 1. The van der Waals surface area contributed by atoms with Crippen LogP contribution in [-0.4, -0.2) is 58.6 Å². The number of carbonyl (C=O) groups excluding carboxylic acids is 1. The van der Waals surface area contributed by atoms with Gasteiger partial charge in [-0.25, -0.2) is 0 Å². The van der Waals surface area contributed by atoms with Gasteiger partial charge < -0.3 is 20.6 Å². The molecule has 1 aliphatic carbocycles.